The fourth-order valence-corrected chi connectivity index (χ4v) is 3.11. The number of benzene rings is 1. The van der Waals surface area contributed by atoms with Crippen LogP contribution < -0.4 is 0 Å². The van der Waals surface area contributed by atoms with Gasteiger partial charge in [-0.2, -0.15) is 4.68 Å². The summed E-state index contributed by atoms with van der Waals surface area (Å²) >= 11 is 1.21. The summed E-state index contributed by atoms with van der Waals surface area (Å²) < 4.78 is 6.55. The van der Waals surface area contributed by atoms with Gasteiger partial charge in [0, 0.05) is 5.56 Å². The molecule has 0 amide bonds. The molecule has 0 aliphatic carbocycles. The van der Waals surface area contributed by atoms with Gasteiger partial charge < -0.3 is 4.74 Å². The lowest BCUT2D eigenvalue weighted by atomic mass is 9.86. The molecule has 0 saturated carbocycles. The molecule has 7 nitrogen and oxygen atoms in total. The molecule has 0 N–H and O–H groups in total. The molecule has 0 spiro atoms. The zero-order chi connectivity index (χ0) is 18.7. The summed E-state index contributed by atoms with van der Waals surface area (Å²) in [6.07, 6.45) is 1.39. The fraction of sp³-hybridized carbons (Fsp3) is 0.278. The lowest BCUT2D eigenvalue weighted by molar-refractivity contribution is 0.0479. The third-order valence-electron chi connectivity index (χ3n) is 3.83. The van der Waals surface area contributed by atoms with Gasteiger partial charge >= 0.3 is 5.97 Å². The second-order valence-electron chi connectivity index (χ2n) is 6.72. The van der Waals surface area contributed by atoms with E-state index < -0.39 is 5.97 Å². The minimum absolute atomic E-state index is 0.0137. The third kappa shape index (κ3) is 3.85. The maximum Gasteiger partial charge on any atom is 0.351 e. The van der Waals surface area contributed by atoms with Gasteiger partial charge in [-0.25, -0.2) is 4.79 Å². The molecule has 3 aromatic rings. The van der Waals surface area contributed by atoms with Crippen LogP contribution in [0.1, 0.15) is 46.4 Å². The number of thiophene rings is 1. The first-order chi connectivity index (χ1) is 12.4. The minimum atomic E-state index is -0.579. The Morgan fingerprint density at radius 2 is 1.88 bits per heavy atom. The smallest absolute Gasteiger partial charge is 0.351 e. The average Bonchev–Trinajstić information content (AvgIpc) is 3.29. The number of nitrogens with zero attached hydrogens (tertiary/aromatic N) is 4. The van der Waals surface area contributed by atoms with E-state index in [1.807, 2.05) is 12.1 Å². The van der Waals surface area contributed by atoms with Crippen LogP contribution in [0.2, 0.25) is 0 Å². The van der Waals surface area contributed by atoms with Crippen molar-refractivity contribution in [2.75, 3.05) is 6.61 Å². The molecule has 0 unspecified atom stereocenters. The molecule has 0 radical (unpaired) electrons. The number of Topliss-reactive ketones (excluding diaryl/α,β-unsaturated/α-hetero) is 1. The van der Waals surface area contributed by atoms with Gasteiger partial charge in [-0.05, 0) is 32.9 Å². The summed E-state index contributed by atoms with van der Waals surface area (Å²) in [4.78, 5) is 24.9. The Labute approximate surface area is 154 Å². The number of ketones is 1. The molecule has 3 rings (SSSR count). The van der Waals surface area contributed by atoms with Crippen LogP contribution in [0.3, 0.4) is 0 Å². The summed E-state index contributed by atoms with van der Waals surface area (Å²) in [6, 6.07) is 9.07. The fourth-order valence-electron chi connectivity index (χ4n) is 2.34. The molecule has 26 heavy (non-hydrogen) atoms. The highest BCUT2D eigenvalue weighted by Crippen LogP contribution is 2.23. The van der Waals surface area contributed by atoms with Crippen LogP contribution in [0.15, 0.2) is 42.0 Å². The van der Waals surface area contributed by atoms with Crippen LogP contribution in [0.4, 0.5) is 0 Å². The SMILES string of the molecule is CC(C)(C)c1ccc(C(=O)COC(=O)c2sccc2-n2cnnn2)cc1. The van der Waals surface area contributed by atoms with Gasteiger partial charge in [-0.1, -0.05) is 45.0 Å². The van der Waals surface area contributed by atoms with E-state index in [1.165, 1.54) is 22.3 Å². The molecule has 1 aromatic carbocycles. The molecule has 0 aliphatic heterocycles. The van der Waals surface area contributed by atoms with E-state index in [0.29, 0.717) is 16.1 Å². The second-order valence-corrected chi connectivity index (χ2v) is 7.63. The van der Waals surface area contributed by atoms with Crippen molar-refractivity contribution in [2.45, 2.75) is 26.2 Å². The van der Waals surface area contributed by atoms with E-state index in [2.05, 4.69) is 36.3 Å². The highest BCUT2D eigenvalue weighted by molar-refractivity contribution is 7.12. The molecule has 0 atom stereocenters. The summed E-state index contributed by atoms with van der Waals surface area (Å²) in [5.74, 6) is -0.829. The monoisotopic (exact) mass is 370 g/mol. The normalized spacial score (nSPS) is 11.3. The maximum absolute atomic E-state index is 12.3. The Bertz CT molecular complexity index is 909. The van der Waals surface area contributed by atoms with Crippen LogP contribution in [0, 0.1) is 0 Å². The number of hydrogen-bond acceptors (Lipinski definition) is 7. The predicted molar refractivity (Wildman–Crippen MR) is 96.8 cm³/mol. The minimum Gasteiger partial charge on any atom is -0.453 e. The van der Waals surface area contributed by atoms with Gasteiger partial charge in [0.1, 0.15) is 11.2 Å². The molecule has 2 aromatic heterocycles. The van der Waals surface area contributed by atoms with Crippen molar-refractivity contribution in [1.29, 1.82) is 0 Å². The molecule has 0 saturated heterocycles. The van der Waals surface area contributed by atoms with Crippen molar-refractivity contribution in [3.8, 4) is 5.69 Å². The maximum atomic E-state index is 12.3. The number of aromatic nitrogens is 4. The van der Waals surface area contributed by atoms with E-state index in [0.717, 1.165) is 5.56 Å². The van der Waals surface area contributed by atoms with Crippen LogP contribution >= 0.6 is 11.3 Å². The van der Waals surface area contributed by atoms with Crippen LogP contribution in [0.5, 0.6) is 0 Å². The Balaban J connectivity index is 1.65. The average molecular weight is 370 g/mol. The summed E-state index contributed by atoms with van der Waals surface area (Å²) in [6.45, 7) is 6.00. The summed E-state index contributed by atoms with van der Waals surface area (Å²) in [5.41, 5.74) is 2.18. The van der Waals surface area contributed by atoms with Crippen molar-refractivity contribution in [2.24, 2.45) is 0 Å². The van der Waals surface area contributed by atoms with Crippen molar-refractivity contribution in [1.82, 2.24) is 20.2 Å². The number of rotatable bonds is 5. The summed E-state index contributed by atoms with van der Waals surface area (Å²) in [5, 5.41) is 12.6. The van der Waals surface area contributed by atoms with Gasteiger partial charge in [0.2, 0.25) is 0 Å². The first-order valence-corrected chi connectivity index (χ1v) is 8.86. The number of hydrogen-bond donors (Lipinski definition) is 0. The van der Waals surface area contributed by atoms with Gasteiger partial charge in [-0.3, -0.25) is 4.79 Å². The van der Waals surface area contributed by atoms with Crippen LogP contribution in [0.25, 0.3) is 5.69 Å². The van der Waals surface area contributed by atoms with Crippen molar-refractivity contribution in [3.05, 3.63) is 58.0 Å². The van der Waals surface area contributed by atoms with Gasteiger partial charge in [0.15, 0.2) is 12.4 Å². The molecule has 0 bridgehead atoms. The zero-order valence-corrected chi connectivity index (χ0v) is 15.5. The van der Waals surface area contributed by atoms with E-state index >= 15 is 0 Å². The highest BCUT2D eigenvalue weighted by Gasteiger charge is 2.19. The second kappa shape index (κ2) is 7.17. The van der Waals surface area contributed by atoms with Crippen LogP contribution in [-0.2, 0) is 10.2 Å². The topological polar surface area (TPSA) is 87.0 Å². The van der Waals surface area contributed by atoms with Gasteiger partial charge in [0.05, 0.1) is 5.69 Å². The largest absolute Gasteiger partial charge is 0.453 e. The lowest BCUT2D eigenvalue weighted by Crippen LogP contribution is -2.16. The highest BCUT2D eigenvalue weighted by atomic mass is 32.1. The molecule has 0 aliphatic rings. The number of carbonyl (C=O) groups is 2. The summed E-state index contributed by atoms with van der Waals surface area (Å²) in [7, 11) is 0. The Kier molecular flexibility index (Phi) is 4.94. The molecule has 134 valence electrons. The lowest BCUT2D eigenvalue weighted by Gasteiger charge is -2.18. The van der Waals surface area contributed by atoms with E-state index in [4.69, 9.17) is 4.74 Å². The first-order valence-electron chi connectivity index (χ1n) is 7.98. The standard InChI is InChI=1S/C18H18N4O3S/c1-18(2,3)13-6-4-12(5-7-13)15(23)10-25-17(24)16-14(8-9-26-16)22-11-19-20-21-22/h4-9,11H,10H2,1-3H3. The van der Waals surface area contributed by atoms with Gasteiger partial charge in [-0.15, -0.1) is 16.4 Å². The first kappa shape index (κ1) is 17.9. The van der Waals surface area contributed by atoms with Crippen molar-refractivity contribution >= 4 is 23.1 Å². The molecule has 8 heteroatoms. The number of ether oxygens (including phenoxy) is 1. The molecular formula is C18H18N4O3S. The quantitative estimate of drug-likeness (QED) is 0.507. The van der Waals surface area contributed by atoms with Crippen molar-refractivity contribution in [3.63, 3.8) is 0 Å². The molecular weight excluding hydrogens is 352 g/mol. The molecule has 0 fully saturated rings. The predicted octanol–water partition coefficient (Wildman–Crippen LogP) is 3.06. The van der Waals surface area contributed by atoms with Crippen molar-refractivity contribution < 1.29 is 14.3 Å². The number of tetrazole rings is 1. The van der Waals surface area contributed by atoms with Crippen LogP contribution in [-0.4, -0.2) is 38.6 Å². The Hall–Kier alpha value is -2.87. The number of esters is 1. The van der Waals surface area contributed by atoms with E-state index in [-0.39, 0.29) is 17.8 Å². The number of carbonyl (C=O) groups excluding carboxylic acids is 2. The van der Waals surface area contributed by atoms with E-state index in [1.54, 1.807) is 23.6 Å². The van der Waals surface area contributed by atoms with E-state index in [9.17, 15) is 9.59 Å². The third-order valence-corrected chi connectivity index (χ3v) is 4.72. The zero-order valence-electron chi connectivity index (χ0n) is 14.7. The molecule has 2 heterocycles. The Morgan fingerprint density at radius 1 is 1.15 bits per heavy atom. The Morgan fingerprint density at radius 3 is 2.50 bits per heavy atom. The van der Waals surface area contributed by atoms with Gasteiger partial charge in [0.25, 0.3) is 0 Å².